The van der Waals surface area contributed by atoms with Crippen molar-refractivity contribution in [3.63, 3.8) is 0 Å². The first-order valence-electron chi connectivity index (χ1n) is 6.81. The van der Waals surface area contributed by atoms with E-state index in [9.17, 15) is 9.59 Å². The Morgan fingerprint density at radius 1 is 0.864 bits per heavy atom. The van der Waals surface area contributed by atoms with Crippen LogP contribution >= 0.6 is 31.9 Å². The van der Waals surface area contributed by atoms with Crippen LogP contribution in [-0.2, 0) is 9.59 Å². The Morgan fingerprint density at radius 2 is 1.18 bits per heavy atom. The number of anilines is 2. The van der Waals surface area contributed by atoms with Gasteiger partial charge in [0.25, 0.3) is 0 Å². The van der Waals surface area contributed by atoms with E-state index in [4.69, 9.17) is 0 Å². The van der Waals surface area contributed by atoms with Crippen molar-refractivity contribution in [1.29, 1.82) is 0 Å². The third kappa shape index (κ3) is 5.05. The van der Waals surface area contributed by atoms with E-state index in [1.165, 1.54) is 0 Å². The Bertz CT molecular complexity index is 553. The van der Waals surface area contributed by atoms with E-state index in [0.29, 0.717) is 20.6 Å². The van der Waals surface area contributed by atoms with Crippen molar-refractivity contribution in [2.45, 2.75) is 41.5 Å². The standard InChI is InChI=1S/C15H21Br2N3O2/c1-14(2,3)12(21)19-10-8(16)7-9(17)11(18-10)20-13(22)15(4,5)6/h7H,1-6H3,(H2,18,19,20,21,22). The molecule has 122 valence electrons. The number of carbonyl (C=O) groups is 2. The number of hydrogen-bond acceptors (Lipinski definition) is 3. The summed E-state index contributed by atoms with van der Waals surface area (Å²) in [6.07, 6.45) is 0. The first-order chi connectivity index (χ1) is 9.82. The minimum Gasteiger partial charge on any atom is -0.309 e. The molecule has 0 aliphatic rings. The number of nitrogens with zero attached hydrogens (tertiary/aromatic N) is 1. The lowest BCUT2D eigenvalue weighted by Crippen LogP contribution is -2.29. The highest BCUT2D eigenvalue weighted by atomic mass is 79.9. The van der Waals surface area contributed by atoms with Gasteiger partial charge in [0.15, 0.2) is 0 Å². The molecule has 1 aromatic rings. The molecule has 1 aromatic heterocycles. The maximum atomic E-state index is 12.1. The van der Waals surface area contributed by atoms with Gasteiger partial charge in [0.05, 0.1) is 8.95 Å². The number of carbonyl (C=O) groups excluding carboxylic acids is 2. The summed E-state index contributed by atoms with van der Waals surface area (Å²) < 4.78 is 1.26. The summed E-state index contributed by atoms with van der Waals surface area (Å²) >= 11 is 6.72. The van der Waals surface area contributed by atoms with Gasteiger partial charge >= 0.3 is 0 Å². The second-order valence-electron chi connectivity index (χ2n) is 7.06. The van der Waals surface area contributed by atoms with Crippen LogP contribution in [0.3, 0.4) is 0 Å². The number of pyridine rings is 1. The predicted molar refractivity (Wildman–Crippen MR) is 95.8 cm³/mol. The molecule has 22 heavy (non-hydrogen) atoms. The highest BCUT2D eigenvalue weighted by molar-refractivity contribution is 9.11. The first kappa shape index (κ1) is 19.1. The van der Waals surface area contributed by atoms with Crippen molar-refractivity contribution in [1.82, 2.24) is 4.98 Å². The van der Waals surface area contributed by atoms with Crippen molar-refractivity contribution in [2.75, 3.05) is 10.6 Å². The van der Waals surface area contributed by atoms with Gasteiger partial charge in [0.2, 0.25) is 11.8 Å². The van der Waals surface area contributed by atoms with Crippen LogP contribution in [0.2, 0.25) is 0 Å². The maximum absolute atomic E-state index is 12.1. The summed E-state index contributed by atoms with van der Waals surface area (Å²) in [4.78, 5) is 28.5. The molecule has 2 N–H and O–H groups in total. The number of halogens is 2. The van der Waals surface area contributed by atoms with Crippen LogP contribution in [-0.4, -0.2) is 16.8 Å². The molecule has 0 aliphatic carbocycles. The molecule has 0 bridgehead atoms. The van der Waals surface area contributed by atoms with Crippen LogP contribution < -0.4 is 10.6 Å². The van der Waals surface area contributed by atoms with E-state index in [2.05, 4.69) is 47.5 Å². The monoisotopic (exact) mass is 433 g/mol. The van der Waals surface area contributed by atoms with Gasteiger partial charge in [0.1, 0.15) is 11.6 Å². The Morgan fingerprint density at radius 3 is 1.45 bits per heavy atom. The number of nitrogens with one attached hydrogen (secondary N) is 2. The predicted octanol–water partition coefficient (Wildman–Crippen LogP) is 4.58. The fraction of sp³-hybridized carbons (Fsp3) is 0.533. The van der Waals surface area contributed by atoms with Crippen LogP contribution in [0, 0.1) is 10.8 Å². The average Bonchev–Trinajstić information content (AvgIpc) is 2.32. The largest absolute Gasteiger partial charge is 0.309 e. The van der Waals surface area contributed by atoms with Crippen molar-refractivity contribution in [2.24, 2.45) is 10.8 Å². The van der Waals surface area contributed by atoms with Crippen LogP contribution in [0.4, 0.5) is 11.6 Å². The van der Waals surface area contributed by atoms with Gasteiger partial charge in [-0.3, -0.25) is 9.59 Å². The molecule has 0 aliphatic heterocycles. The molecule has 0 unspecified atom stereocenters. The highest BCUT2D eigenvalue weighted by Crippen LogP contribution is 2.31. The van der Waals surface area contributed by atoms with Crippen LogP contribution in [0.15, 0.2) is 15.0 Å². The Balaban J connectivity index is 3.10. The number of rotatable bonds is 2. The zero-order chi connectivity index (χ0) is 17.3. The molecule has 1 heterocycles. The van der Waals surface area contributed by atoms with Gasteiger partial charge in [-0.05, 0) is 37.9 Å². The van der Waals surface area contributed by atoms with Crippen molar-refractivity contribution in [3.8, 4) is 0 Å². The van der Waals surface area contributed by atoms with Crippen molar-refractivity contribution < 1.29 is 9.59 Å². The molecule has 0 atom stereocenters. The maximum Gasteiger partial charge on any atom is 0.230 e. The molecule has 0 saturated carbocycles. The summed E-state index contributed by atoms with van der Waals surface area (Å²) in [6.45, 7) is 10.9. The fourth-order valence-corrected chi connectivity index (χ4v) is 2.37. The molecular weight excluding hydrogens is 414 g/mol. The normalized spacial score (nSPS) is 12.0. The second kappa shape index (κ2) is 6.66. The molecule has 1 rings (SSSR count). The number of hydrogen-bond donors (Lipinski definition) is 2. The lowest BCUT2D eigenvalue weighted by molar-refractivity contribution is -0.123. The number of amides is 2. The van der Waals surface area contributed by atoms with Gasteiger partial charge < -0.3 is 10.6 Å². The van der Waals surface area contributed by atoms with Gasteiger partial charge in [-0.2, -0.15) is 0 Å². The first-order valence-corrected chi connectivity index (χ1v) is 8.40. The SMILES string of the molecule is CC(C)(C)C(=O)Nc1nc(NC(=O)C(C)(C)C)c(Br)cc1Br. The summed E-state index contributed by atoms with van der Waals surface area (Å²) in [6, 6.07) is 1.74. The zero-order valence-electron chi connectivity index (χ0n) is 13.6. The van der Waals surface area contributed by atoms with Crippen LogP contribution in [0.1, 0.15) is 41.5 Å². The van der Waals surface area contributed by atoms with Crippen molar-refractivity contribution in [3.05, 3.63) is 15.0 Å². The topological polar surface area (TPSA) is 71.1 Å². The highest BCUT2D eigenvalue weighted by Gasteiger charge is 2.25. The molecular formula is C15H21Br2N3O2. The van der Waals surface area contributed by atoms with E-state index in [0.717, 1.165) is 0 Å². The second-order valence-corrected chi connectivity index (χ2v) is 8.77. The third-order valence-corrected chi connectivity index (χ3v) is 3.96. The smallest absolute Gasteiger partial charge is 0.230 e. The van der Waals surface area contributed by atoms with Gasteiger partial charge in [0, 0.05) is 10.8 Å². The van der Waals surface area contributed by atoms with E-state index in [1.807, 2.05) is 41.5 Å². The summed E-state index contributed by atoms with van der Waals surface area (Å²) in [5.74, 6) is 0.423. The summed E-state index contributed by atoms with van der Waals surface area (Å²) in [5, 5.41) is 5.52. The Hall–Kier alpha value is -0.950. The lowest BCUT2D eigenvalue weighted by Gasteiger charge is -2.20. The summed E-state index contributed by atoms with van der Waals surface area (Å²) in [7, 11) is 0. The van der Waals surface area contributed by atoms with Crippen LogP contribution in [0.5, 0.6) is 0 Å². The van der Waals surface area contributed by atoms with Gasteiger partial charge in [-0.25, -0.2) is 4.98 Å². The quantitative estimate of drug-likeness (QED) is 0.715. The average molecular weight is 435 g/mol. The van der Waals surface area contributed by atoms with Gasteiger partial charge in [-0.15, -0.1) is 0 Å². The lowest BCUT2D eigenvalue weighted by atomic mass is 9.96. The molecule has 7 heteroatoms. The van der Waals surface area contributed by atoms with Gasteiger partial charge in [-0.1, -0.05) is 41.5 Å². The minimum absolute atomic E-state index is 0.156. The third-order valence-electron chi connectivity index (χ3n) is 2.76. The van der Waals surface area contributed by atoms with E-state index < -0.39 is 10.8 Å². The fourth-order valence-electron chi connectivity index (χ4n) is 1.23. The molecule has 0 radical (unpaired) electrons. The van der Waals surface area contributed by atoms with E-state index in [1.54, 1.807) is 6.07 Å². The van der Waals surface area contributed by atoms with E-state index in [-0.39, 0.29) is 11.8 Å². The Labute approximate surface area is 147 Å². The molecule has 0 fully saturated rings. The zero-order valence-corrected chi connectivity index (χ0v) is 16.8. The number of aromatic nitrogens is 1. The van der Waals surface area contributed by atoms with Crippen molar-refractivity contribution >= 4 is 55.3 Å². The molecule has 0 aromatic carbocycles. The minimum atomic E-state index is -0.539. The molecule has 0 saturated heterocycles. The molecule has 5 nitrogen and oxygen atoms in total. The van der Waals surface area contributed by atoms with Crippen LogP contribution in [0.25, 0.3) is 0 Å². The summed E-state index contributed by atoms with van der Waals surface area (Å²) in [5.41, 5.74) is -1.08. The molecule has 0 spiro atoms. The van der Waals surface area contributed by atoms with E-state index >= 15 is 0 Å². The Kier molecular flexibility index (Phi) is 5.78. The molecule has 2 amide bonds.